The predicted octanol–water partition coefficient (Wildman–Crippen LogP) is 0.619. The van der Waals surface area contributed by atoms with Crippen molar-refractivity contribution in [3.05, 3.63) is 0 Å². The topological polar surface area (TPSA) is 77.9 Å². The smallest absolute Gasteiger partial charge is 0.326 e. The third-order valence-electron chi connectivity index (χ3n) is 3.24. The minimum absolute atomic E-state index is 0.0396. The molecule has 108 valence electrons. The molecule has 0 bridgehead atoms. The second kappa shape index (κ2) is 6.79. The fraction of sp³-hybridized carbons (Fsp3) is 0.750. The number of hydrogen-bond acceptors (Lipinski definition) is 4. The molecule has 1 aliphatic heterocycles. The molecule has 19 heavy (non-hydrogen) atoms. The molecule has 0 aromatic carbocycles. The van der Waals surface area contributed by atoms with Crippen LogP contribution in [0.2, 0.25) is 0 Å². The number of carbonyl (C=O) groups is 3. The molecule has 1 saturated heterocycles. The third kappa shape index (κ3) is 3.62. The lowest BCUT2D eigenvalue weighted by atomic mass is 10.2. The van der Waals surface area contributed by atoms with E-state index in [1.165, 1.54) is 30.6 Å². The highest BCUT2D eigenvalue weighted by Gasteiger charge is 2.37. The van der Waals surface area contributed by atoms with Crippen LogP contribution in [0.25, 0.3) is 0 Å². The number of carbonyl (C=O) groups excluding carboxylic acids is 2. The SMILES string of the molecule is CCCC(=O)N1CSCC1C(=O)N(C)C(C)C(=O)O. The van der Waals surface area contributed by atoms with Gasteiger partial charge in [-0.15, -0.1) is 11.8 Å². The van der Waals surface area contributed by atoms with Gasteiger partial charge in [-0.2, -0.15) is 0 Å². The van der Waals surface area contributed by atoms with Crippen LogP contribution in [0.5, 0.6) is 0 Å². The van der Waals surface area contributed by atoms with Crippen molar-refractivity contribution in [1.82, 2.24) is 9.80 Å². The highest BCUT2D eigenvalue weighted by Crippen LogP contribution is 2.23. The average molecular weight is 288 g/mol. The summed E-state index contributed by atoms with van der Waals surface area (Å²) in [7, 11) is 1.46. The van der Waals surface area contributed by atoms with Crippen LogP contribution >= 0.6 is 11.8 Å². The third-order valence-corrected chi connectivity index (χ3v) is 4.25. The zero-order valence-corrected chi connectivity index (χ0v) is 12.3. The molecule has 1 fully saturated rings. The molecular weight excluding hydrogens is 268 g/mol. The number of hydrogen-bond donors (Lipinski definition) is 1. The molecule has 0 aromatic rings. The maximum absolute atomic E-state index is 12.3. The Hall–Kier alpha value is -1.24. The van der Waals surface area contributed by atoms with Gasteiger partial charge in [0.15, 0.2) is 0 Å². The van der Waals surface area contributed by atoms with Gasteiger partial charge < -0.3 is 14.9 Å². The maximum Gasteiger partial charge on any atom is 0.326 e. The Morgan fingerprint density at radius 2 is 2.11 bits per heavy atom. The molecule has 1 heterocycles. The molecular formula is C12H20N2O4S. The van der Waals surface area contributed by atoms with Crippen LogP contribution in [0.15, 0.2) is 0 Å². The molecule has 6 nitrogen and oxygen atoms in total. The Kier molecular flexibility index (Phi) is 5.65. The Labute approximate surface area is 117 Å². The van der Waals surface area contributed by atoms with Crippen LogP contribution in [-0.4, -0.2) is 63.5 Å². The van der Waals surface area contributed by atoms with E-state index >= 15 is 0 Å². The van der Waals surface area contributed by atoms with E-state index in [-0.39, 0.29) is 11.8 Å². The molecule has 0 radical (unpaired) electrons. The van der Waals surface area contributed by atoms with Gasteiger partial charge in [0, 0.05) is 19.2 Å². The summed E-state index contributed by atoms with van der Waals surface area (Å²) in [4.78, 5) is 37.8. The zero-order valence-electron chi connectivity index (χ0n) is 11.5. The largest absolute Gasteiger partial charge is 0.480 e. The molecule has 1 aliphatic rings. The standard InChI is InChI=1S/C12H20N2O4S/c1-4-5-10(15)14-7-19-6-9(14)11(16)13(3)8(2)12(17)18/h8-9H,4-7H2,1-3H3,(H,17,18). The fourth-order valence-electron chi connectivity index (χ4n) is 1.84. The first-order valence-corrected chi connectivity index (χ1v) is 7.42. The maximum atomic E-state index is 12.3. The van der Waals surface area contributed by atoms with E-state index in [1.54, 1.807) is 4.90 Å². The van der Waals surface area contributed by atoms with Crippen molar-refractivity contribution in [2.24, 2.45) is 0 Å². The molecule has 1 N–H and O–H groups in total. The van der Waals surface area contributed by atoms with Crippen molar-refractivity contribution in [2.45, 2.75) is 38.8 Å². The minimum Gasteiger partial charge on any atom is -0.480 e. The zero-order chi connectivity index (χ0) is 14.6. The van der Waals surface area contributed by atoms with Gasteiger partial charge in [-0.25, -0.2) is 4.79 Å². The van der Waals surface area contributed by atoms with Gasteiger partial charge in [-0.05, 0) is 13.3 Å². The highest BCUT2D eigenvalue weighted by molar-refractivity contribution is 7.99. The van der Waals surface area contributed by atoms with E-state index < -0.39 is 18.1 Å². The van der Waals surface area contributed by atoms with E-state index in [1.807, 2.05) is 6.92 Å². The number of nitrogens with zero attached hydrogens (tertiary/aromatic N) is 2. The number of amides is 2. The highest BCUT2D eigenvalue weighted by atomic mass is 32.2. The van der Waals surface area contributed by atoms with Crippen LogP contribution < -0.4 is 0 Å². The Balaban J connectivity index is 2.75. The van der Waals surface area contributed by atoms with Gasteiger partial charge in [-0.1, -0.05) is 6.92 Å². The van der Waals surface area contributed by atoms with Crippen molar-refractivity contribution in [2.75, 3.05) is 18.7 Å². The summed E-state index contributed by atoms with van der Waals surface area (Å²) in [5.74, 6) is -0.352. The molecule has 2 unspecified atom stereocenters. The van der Waals surface area contributed by atoms with Gasteiger partial charge >= 0.3 is 5.97 Å². The predicted molar refractivity (Wildman–Crippen MR) is 72.7 cm³/mol. The first-order chi connectivity index (χ1) is 8.90. The molecule has 0 spiro atoms. The van der Waals surface area contributed by atoms with Gasteiger partial charge in [0.05, 0.1) is 5.88 Å². The van der Waals surface area contributed by atoms with Gasteiger partial charge in [-0.3, -0.25) is 9.59 Å². The van der Waals surface area contributed by atoms with Crippen molar-refractivity contribution in [1.29, 1.82) is 0 Å². The van der Waals surface area contributed by atoms with E-state index in [2.05, 4.69) is 0 Å². The quantitative estimate of drug-likeness (QED) is 0.802. The first kappa shape index (κ1) is 15.8. The number of aliphatic carboxylic acids is 1. The van der Waals surface area contributed by atoms with Crippen LogP contribution in [0.3, 0.4) is 0 Å². The van der Waals surface area contributed by atoms with Crippen LogP contribution in [-0.2, 0) is 14.4 Å². The van der Waals surface area contributed by atoms with E-state index in [4.69, 9.17) is 5.11 Å². The molecule has 0 saturated carbocycles. The monoisotopic (exact) mass is 288 g/mol. The van der Waals surface area contributed by atoms with Crippen LogP contribution in [0.1, 0.15) is 26.7 Å². The molecule has 2 amide bonds. The van der Waals surface area contributed by atoms with E-state index in [9.17, 15) is 14.4 Å². The lowest BCUT2D eigenvalue weighted by molar-refractivity contribution is -0.151. The first-order valence-electron chi connectivity index (χ1n) is 6.26. The molecule has 7 heteroatoms. The van der Waals surface area contributed by atoms with Crippen molar-refractivity contribution < 1.29 is 19.5 Å². The summed E-state index contributed by atoms with van der Waals surface area (Å²) in [5, 5.41) is 8.92. The summed E-state index contributed by atoms with van der Waals surface area (Å²) >= 11 is 1.52. The number of thioether (sulfide) groups is 1. The van der Waals surface area contributed by atoms with Crippen LogP contribution in [0.4, 0.5) is 0 Å². The van der Waals surface area contributed by atoms with Crippen molar-refractivity contribution >= 4 is 29.5 Å². The van der Waals surface area contributed by atoms with Crippen molar-refractivity contribution in [3.8, 4) is 0 Å². The summed E-state index contributed by atoms with van der Waals surface area (Å²) in [6.45, 7) is 3.37. The average Bonchev–Trinajstić information content (AvgIpc) is 2.85. The van der Waals surface area contributed by atoms with E-state index in [0.29, 0.717) is 18.1 Å². The van der Waals surface area contributed by atoms with Gasteiger partial charge in [0.25, 0.3) is 0 Å². The fourth-order valence-corrected chi connectivity index (χ4v) is 3.01. The summed E-state index contributed by atoms with van der Waals surface area (Å²) in [5.41, 5.74) is 0. The Bertz CT molecular complexity index is 375. The normalized spacial score (nSPS) is 20.2. The molecule has 1 rings (SSSR count). The Morgan fingerprint density at radius 3 is 2.63 bits per heavy atom. The van der Waals surface area contributed by atoms with E-state index in [0.717, 1.165) is 6.42 Å². The Morgan fingerprint density at radius 1 is 1.47 bits per heavy atom. The summed E-state index contributed by atoms with van der Waals surface area (Å²) in [6.07, 6.45) is 1.16. The summed E-state index contributed by atoms with van der Waals surface area (Å²) in [6, 6.07) is -1.42. The lowest BCUT2D eigenvalue weighted by Gasteiger charge is -2.29. The molecule has 2 atom stereocenters. The summed E-state index contributed by atoms with van der Waals surface area (Å²) < 4.78 is 0. The number of carboxylic acids is 1. The minimum atomic E-state index is -1.05. The van der Waals surface area contributed by atoms with Gasteiger partial charge in [0.1, 0.15) is 12.1 Å². The second-order valence-corrected chi connectivity index (χ2v) is 5.59. The van der Waals surface area contributed by atoms with Crippen LogP contribution in [0, 0.1) is 0 Å². The lowest BCUT2D eigenvalue weighted by Crippen LogP contribution is -2.51. The molecule has 0 aliphatic carbocycles. The van der Waals surface area contributed by atoms with Crippen molar-refractivity contribution in [3.63, 3.8) is 0 Å². The second-order valence-electron chi connectivity index (χ2n) is 4.59. The number of likely N-dealkylation sites (N-methyl/N-ethyl adjacent to an activating group) is 1. The number of rotatable bonds is 5. The molecule has 0 aromatic heterocycles. The number of carboxylic acid groups (broad SMARTS) is 1. The van der Waals surface area contributed by atoms with Gasteiger partial charge in [0.2, 0.25) is 11.8 Å².